The van der Waals surface area contributed by atoms with Gasteiger partial charge in [-0.2, -0.15) is 4.31 Å². The summed E-state index contributed by atoms with van der Waals surface area (Å²) in [4.78, 5) is 13.9. The molecule has 0 aromatic heterocycles. The van der Waals surface area contributed by atoms with Crippen molar-refractivity contribution < 1.29 is 13.2 Å². The molecule has 0 heterocycles. The van der Waals surface area contributed by atoms with Gasteiger partial charge in [0.1, 0.15) is 0 Å². The van der Waals surface area contributed by atoms with E-state index >= 15 is 0 Å². The fourth-order valence-corrected chi connectivity index (χ4v) is 5.04. The third kappa shape index (κ3) is 5.59. The Morgan fingerprint density at radius 3 is 2.29 bits per heavy atom. The van der Waals surface area contributed by atoms with Crippen molar-refractivity contribution in [2.75, 3.05) is 25.4 Å². The molecule has 2 aromatic carbocycles. The molecule has 0 aliphatic carbocycles. The van der Waals surface area contributed by atoms with Crippen LogP contribution in [0.3, 0.4) is 0 Å². The van der Waals surface area contributed by atoms with Crippen molar-refractivity contribution in [1.82, 2.24) is 9.62 Å². The van der Waals surface area contributed by atoms with Crippen LogP contribution < -0.4 is 5.32 Å². The molecule has 28 heavy (non-hydrogen) atoms. The number of amides is 1. The Labute approximate surface area is 172 Å². The van der Waals surface area contributed by atoms with Gasteiger partial charge in [-0.25, -0.2) is 8.42 Å². The van der Waals surface area contributed by atoms with Gasteiger partial charge in [-0.1, -0.05) is 37.6 Å². The zero-order valence-electron chi connectivity index (χ0n) is 16.9. The molecule has 152 valence electrons. The quantitative estimate of drug-likeness (QED) is 0.494. The topological polar surface area (TPSA) is 66.5 Å². The van der Waals surface area contributed by atoms with Crippen molar-refractivity contribution >= 4 is 27.7 Å². The molecule has 1 amide bonds. The van der Waals surface area contributed by atoms with E-state index < -0.39 is 10.0 Å². The lowest BCUT2D eigenvalue weighted by Crippen LogP contribution is -2.31. The number of aryl methyl sites for hydroxylation is 2. The van der Waals surface area contributed by atoms with Crippen molar-refractivity contribution in [3.63, 3.8) is 0 Å². The number of hydrogen-bond donors (Lipinski definition) is 1. The van der Waals surface area contributed by atoms with E-state index in [1.54, 1.807) is 37.7 Å². The highest BCUT2D eigenvalue weighted by Crippen LogP contribution is 2.20. The summed E-state index contributed by atoms with van der Waals surface area (Å²) in [5, 5.41) is 2.89. The van der Waals surface area contributed by atoms with Gasteiger partial charge in [-0.15, -0.1) is 11.8 Å². The zero-order chi connectivity index (χ0) is 20.7. The highest BCUT2D eigenvalue weighted by molar-refractivity contribution is 7.99. The first-order valence-corrected chi connectivity index (χ1v) is 11.8. The number of benzene rings is 2. The summed E-state index contributed by atoms with van der Waals surface area (Å²) in [6, 6.07) is 13.0. The number of hydrogen-bond acceptors (Lipinski definition) is 4. The lowest BCUT2D eigenvalue weighted by Gasteiger charge is -2.19. The van der Waals surface area contributed by atoms with Gasteiger partial charge in [0.05, 0.1) is 4.90 Å². The minimum Gasteiger partial charge on any atom is -0.351 e. The van der Waals surface area contributed by atoms with Crippen molar-refractivity contribution in [1.29, 1.82) is 0 Å². The Kier molecular flexibility index (Phi) is 8.10. The first-order valence-electron chi connectivity index (χ1n) is 9.38. The van der Waals surface area contributed by atoms with Crippen LogP contribution in [0.5, 0.6) is 0 Å². The molecule has 0 saturated heterocycles. The van der Waals surface area contributed by atoms with Crippen LogP contribution in [-0.2, 0) is 10.0 Å². The second-order valence-electron chi connectivity index (χ2n) is 6.48. The molecule has 0 fully saturated rings. The predicted octanol–water partition coefficient (Wildman–Crippen LogP) is 3.86. The molecule has 0 aliphatic heterocycles. The molecule has 2 aromatic rings. The fraction of sp³-hybridized carbons (Fsp3) is 0.381. The second kappa shape index (κ2) is 10.1. The normalized spacial score (nSPS) is 11.6. The predicted molar refractivity (Wildman–Crippen MR) is 116 cm³/mol. The van der Waals surface area contributed by atoms with Crippen molar-refractivity contribution in [2.45, 2.75) is 37.5 Å². The maximum atomic E-state index is 12.7. The van der Waals surface area contributed by atoms with Crippen LogP contribution in [0.2, 0.25) is 0 Å². The molecule has 0 aliphatic rings. The van der Waals surface area contributed by atoms with Gasteiger partial charge in [0.15, 0.2) is 0 Å². The van der Waals surface area contributed by atoms with Crippen LogP contribution in [-0.4, -0.2) is 44.0 Å². The van der Waals surface area contributed by atoms with E-state index in [0.29, 0.717) is 25.2 Å². The summed E-state index contributed by atoms with van der Waals surface area (Å²) in [6.07, 6.45) is 0. The first-order chi connectivity index (χ1) is 13.3. The zero-order valence-corrected chi connectivity index (χ0v) is 18.5. The summed E-state index contributed by atoms with van der Waals surface area (Å²) >= 11 is 1.67. The van der Waals surface area contributed by atoms with Gasteiger partial charge in [0, 0.05) is 35.8 Å². The maximum absolute atomic E-state index is 12.7. The highest BCUT2D eigenvalue weighted by atomic mass is 32.2. The number of nitrogens with one attached hydrogen (secondary N) is 1. The number of thioether (sulfide) groups is 1. The molecule has 0 saturated carbocycles. The minimum atomic E-state index is -3.59. The average molecular weight is 421 g/mol. The molecular weight excluding hydrogens is 392 g/mol. The fourth-order valence-electron chi connectivity index (χ4n) is 2.78. The number of sulfonamides is 1. The van der Waals surface area contributed by atoms with E-state index in [1.807, 2.05) is 13.8 Å². The van der Waals surface area contributed by atoms with Crippen molar-refractivity contribution in [3.05, 3.63) is 59.2 Å². The lowest BCUT2D eigenvalue weighted by molar-refractivity contribution is 0.0955. The van der Waals surface area contributed by atoms with Crippen LogP contribution in [0.15, 0.2) is 52.3 Å². The van der Waals surface area contributed by atoms with E-state index in [2.05, 4.69) is 29.6 Å². The van der Waals surface area contributed by atoms with E-state index in [-0.39, 0.29) is 10.8 Å². The van der Waals surface area contributed by atoms with Gasteiger partial charge in [-0.05, 0) is 43.7 Å². The number of carbonyl (C=O) groups excluding carboxylic acids is 1. The van der Waals surface area contributed by atoms with Gasteiger partial charge in [-0.3, -0.25) is 4.79 Å². The summed E-state index contributed by atoms with van der Waals surface area (Å²) in [5.41, 5.74) is 2.36. The standard InChI is InChI=1S/C21H28N2O3S2/c1-5-23(6-2)28(25,26)19-12-9-17(4)20(15-19)21(24)22-13-14-27-18-10-7-16(3)8-11-18/h7-12,15H,5-6,13-14H2,1-4H3,(H,22,24). The number of rotatable bonds is 9. The Hall–Kier alpha value is -1.83. The summed E-state index contributed by atoms with van der Waals surface area (Å²) in [5.74, 6) is 0.490. The Balaban J connectivity index is 2.03. The van der Waals surface area contributed by atoms with Crippen LogP contribution in [0.1, 0.15) is 35.3 Å². The molecule has 0 bridgehead atoms. The Bertz CT molecular complexity index is 906. The second-order valence-corrected chi connectivity index (χ2v) is 9.59. The van der Waals surface area contributed by atoms with E-state index in [1.165, 1.54) is 15.9 Å². The maximum Gasteiger partial charge on any atom is 0.251 e. The third-order valence-corrected chi connectivity index (χ3v) is 7.53. The summed E-state index contributed by atoms with van der Waals surface area (Å²) in [7, 11) is -3.59. The smallest absolute Gasteiger partial charge is 0.251 e. The lowest BCUT2D eigenvalue weighted by atomic mass is 10.1. The first kappa shape index (κ1) is 22.5. The van der Waals surface area contributed by atoms with Crippen LogP contribution in [0.25, 0.3) is 0 Å². The highest BCUT2D eigenvalue weighted by Gasteiger charge is 2.23. The van der Waals surface area contributed by atoms with Gasteiger partial charge in [0.2, 0.25) is 10.0 Å². The van der Waals surface area contributed by atoms with Crippen molar-refractivity contribution in [2.24, 2.45) is 0 Å². The molecule has 1 N–H and O–H groups in total. The molecular formula is C21H28N2O3S2. The molecule has 5 nitrogen and oxygen atoms in total. The van der Waals surface area contributed by atoms with Crippen LogP contribution in [0.4, 0.5) is 0 Å². The average Bonchev–Trinajstić information content (AvgIpc) is 2.67. The number of nitrogens with zero attached hydrogens (tertiary/aromatic N) is 1. The molecule has 0 spiro atoms. The monoisotopic (exact) mass is 420 g/mol. The van der Waals surface area contributed by atoms with E-state index in [0.717, 1.165) is 16.2 Å². The molecule has 0 radical (unpaired) electrons. The largest absolute Gasteiger partial charge is 0.351 e. The van der Waals surface area contributed by atoms with E-state index in [9.17, 15) is 13.2 Å². The van der Waals surface area contributed by atoms with Gasteiger partial charge < -0.3 is 5.32 Å². The molecule has 0 atom stereocenters. The third-order valence-electron chi connectivity index (χ3n) is 4.47. The summed E-state index contributed by atoms with van der Waals surface area (Å²) in [6.45, 7) is 8.75. The Morgan fingerprint density at radius 2 is 1.68 bits per heavy atom. The number of carbonyl (C=O) groups is 1. The van der Waals surface area contributed by atoms with E-state index in [4.69, 9.17) is 0 Å². The summed E-state index contributed by atoms with van der Waals surface area (Å²) < 4.78 is 26.8. The minimum absolute atomic E-state index is 0.154. The molecule has 2 rings (SSSR count). The molecule has 7 heteroatoms. The van der Waals surface area contributed by atoms with Crippen molar-refractivity contribution in [3.8, 4) is 0 Å². The SMILES string of the molecule is CCN(CC)S(=O)(=O)c1ccc(C)c(C(=O)NCCSc2ccc(C)cc2)c1. The Morgan fingerprint density at radius 1 is 1.04 bits per heavy atom. The van der Waals surface area contributed by atoms with Gasteiger partial charge in [0.25, 0.3) is 5.91 Å². The van der Waals surface area contributed by atoms with Crippen LogP contribution in [0, 0.1) is 13.8 Å². The van der Waals surface area contributed by atoms with Crippen LogP contribution >= 0.6 is 11.8 Å². The molecule has 0 unspecified atom stereocenters. The van der Waals surface area contributed by atoms with Gasteiger partial charge >= 0.3 is 0 Å².